The Balaban J connectivity index is 1.87. The summed E-state index contributed by atoms with van der Waals surface area (Å²) in [5.74, 6) is -1.11. The van der Waals surface area contributed by atoms with Crippen LogP contribution in [0.2, 0.25) is 0 Å². The van der Waals surface area contributed by atoms with Gasteiger partial charge in [-0.15, -0.1) is 0 Å². The Morgan fingerprint density at radius 3 is 2.32 bits per heavy atom. The van der Waals surface area contributed by atoms with E-state index >= 15 is 0 Å². The molecule has 0 bridgehead atoms. The summed E-state index contributed by atoms with van der Waals surface area (Å²) in [6.45, 7) is 3.83. The molecule has 3 aromatic rings. The van der Waals surface area contributed by atoms with Crippen molar-refractivity contribution < 1.29 is 33.7 Å². The second kappa shape index (κ2) is 11.0. The Kier molecular flexibility index (Phi) is 7.57. The van der Waals surface area contributed by atoms with Gasteiger partial charge in [0.2, 0.25) is 0 Å². The van der Waals surface area contributed by atoms with Crippen LogP contribution in [-0.4, -0.2) is 36.5 Å². The van der Waals surface area contributed by atoms with Gasteiger partial charge < -0.3 is 19.3 Å². The molecule has 4 rings (SSSR count). The third-order valence-electron chi connectivity index (χ3n) is 5.81. The van der Waals surface area contributed by atoms with Crippen molar-refractivity contribution in [2.45, 2.75) is 26.3 Å². The molecule has 1 unspecified atom stereocenters. The van der Waals surface area contributed by atoms with Crippen molar-refractivity contribution in [3.05, 3.63) is 89.5 Å². The van der Waals surface area contributed by atoms with Crippen LogP contribution in [-0.2, 0) is 14.4 Å². The van der Waals surface area contributed by atoms with Gasteiger partial charge in [0.1, 0.15) is 23.0 Å². The van der Waals surface area contributed by atoms with Crippen molar-refractivity contribution in [1.82, 2.24) is 0 Å². The number of benzene rings is 3. The van der Waals surface area contributed by atoms with E-state index in [4.69, 9.17) is 14.2 Å². The van der Waals surface area contributed by atoms with Crippen LogP contribution in [0, 0.1) is 0 Å². The topological polar surface area (TPSA) is 102 Å². The lowest BCUT2D eigenvalue weighted by atomic mass is 9.95. The molecule has 0 aromatic heterocycles. The van der Waals surface area contributed by atoms with Crippen molar-refractivity contribution in [3.8, 4) is 17.2 Å². The summed E-state index contributed by atoms with van der Waals surface area (Å²) >= 11 is 0. The number of aliphatic hydroxyl groups is 1. The molecular weight excluding hydrogens is 474 g/mol. The number of hydrogen-bond donors (Lipinski definition) is 1. The van der Waals surface area contributed by atoms with Gasteiger partial charge in [0.25, 0.3) is 11.7 Å². The molecule has 3 aromatic carbocycles. The van der Waals surface area contributed by atoms with Crippen LogP contribution in [0.3, 0.4) is 0 Å². The van der Waals surface area contributed by atoms with Gasteiger partial charge in [0, 0.05) is 24.2 Å². The summed E-state index contributed by atoms with van der Waals surface area (Å²) in [7, 11) is 1.50. The fraction of sp³-hybridized carbons (Fsp3) is 0.207. The number of amides is 1. The number of rotatable bonds is 8. The number of hydrogen-bond acceptors (Lipinski definition) is 7. The van der Waals surface area contributed by atoms with Gasteiger partial charge in [0.05, 0.1) is 25.3 Å². The van der Waals surface area contributed by atoms with Crippen molar-refractivity contribution >= 4 is 29.1 Å². The van der Waals surface area contributed by atoms with E-state index in [0.29, 0.717) is 34.9 Å². The summed E-state index contributed by atoms with van der Waals surface area (Å²) < 4.78 is 16.1. The fourth-order valence-electron chi connectivity index (χ4n) is 4.17. The molecule has 1 saturated heterocycles. The number of esters is 1. The summed E-state index contributed by atoms with van der Waals surface area (Å²) in [6.07, 6.45) is 0.849. The number of methoxy groups -OCH3 is 1. The summed E-state index contributed by atoms with van der Waals surface area (Å²) in [5.41, 5.74) is 1.15. The highest BCUT2D eigenvalue weighted by Crippen LogP contribution is 2.43. The molecule has 37 heavy (non-hydrogen) atoms. The Morgan fingerprint density at radius 2 is 1.65 bits per heavy atom. The molecule has 0 spiro atoms. The average molecular weight is 502 g/mol. The molecule has 8 nitrogen and oxygen atoms in total. The van der Waals surface area contributed by atoms with E-state index in [1.54, 1.807) is 72.8 Å². The predicted molar refractivity (Wildman–Crippen MR) is 138 cm³/mol. The van der Waals surface area contributed by atoms with Crippen molar-refractivity contribution in [2.75, 3.05) is 18.6 Å². The Hall–Kier alpha value is -4.59. The zero-order valence-corrected chi connectivity index (χ0v) is 20.8. The first-order chi connectivity index (χ1) is 17.8. The zero-order chi connectivity index (χ0) is 26.5. The molecule has 1 aliphatic heterocycles. The van der Waals surface area contributed by atoms with Crippen LogP contribution in [0.4, 0.5) is 5.69 Å². The Labute approximate surface area is 214 Å². The molecule has 190 valence electrons. The van der Waals surface area contributed by atoms with Crippen LogP contribution < -0.4 is 19.1 Å². The molecule has 1 amide bonds. The second-order valence-electron chi connectivity index (χ2n) is 8.41. The predicted octanol–water partition coefficient (Wildman–Crippen LogP) is 5.04. The number of anilines is 1. The number of carbonyl (C=O) groups is 3. The zero-order valence-electron chi connectivity index (χ0n) is 20.8. The Morgan fingerprint density at radius 1 is 0.946 bits per heavy atom. The maximum atomic E-state index is 13.4. The lowest BCUT2D eigenvalue weighted by Gasteiger charge is -2.26. The highest BCUT2D eigenvalue weighted by Gasteiger charge is 2.47. The number of ether oxygens (including phenoxy) is 3. The third kappa shape index (κ3) is 5.33. The van der Waals surface area contributed by atoms with Crippen molar-refractivity contribution in [1.29, 1.82) is 0 Å². The maximum Gasteiger partial charge on any atom is 0.308 e. The van der Waals surface area contributed by atoms with E-state index in [2.05, 4.69) is 0 Å². The van der Waals surface area contributed by atoms with Gasteiger partial charge in [-0.25, -0.2) is 0 Å². The van der Waals surface area contributed by atoms with Crippen LogP contribution >= 0.6 is 0 Å². The SMILES string of the molecule is CCCOc1ccc(/C(O)=C2\C(=O)C(=O)N(c3cccc(OC)c3)C2c2cccc(OC(C)=O)c2)cc1. The largest absolute Gasteiger partial charge is 0.507 e. The van der Waals surface area contributed by atoms with Gasteiger partial charge in [-0.3, -0.25) is 19.3 Å². The summed E-state index contributed by atoms with van der Waals surface area (Å²) in [5, 5.41) is 11.3. The van der Waals surface area contributed by atoms with Crippen molar-refractivity contribution in [2.24, 2.45) is 0 Å². The van der Waals surface area contributed by atoms with E-state index in [9.17, 15) is 19.5 Å². The third-order valence-corrected chi connectivity index (χ3v) is 5.81. The molecular formula is C29H27NO7. The summed E-state index contributed by atoms with van der Waals surface area (Å²) in [4.78, 5) is 39.6. The molecule has 1 atom stereocenters. The summed E-state index contributed by atoms with van der Waals surface area (Å²) in [6, 6.07) is 18.9. The van der Waals surface area contributed by atoms with Gasteiger partial charge in [-0.1, -0.05) is 25.1 Å². The standard InChI is InChI=1S/C29H27NO7/c1-4-15-36-22-13-11-19(12-14-22)27(32)25-26(20-7-5-10-24(16-20)37-18(2)31)30(29(34)28(25)33)21-8-6-9-23(17-21)35-3/h5-14,16-17,26,32H,4,15H2,1-3H3/b27-25+. The first kappa shape index (κ1) is 25.5. The minimum absolute atomic E-state index is 0.0879. The first-order valence-electron chi connectivity index (χ1n) is 11.8. The molecule has 1 heterocycles. The van der Waals surface area contributed by atoms with Gasteiger partial charge in [-0.2, -0.15) is 0 Å². The second-order valence-corrected chi connectivity index (χ2v) is 8.41. The van der Waals surface area contributed by atoms with Gasteiger partial charge in [-0.05, 0) is 60.5 Å². The lowest BCUT2D eigenvalue weighted by Crippen LogP contribution is -2.29. The lowest BCUT2D eigenvalue weighted by molar-refractivity contribution is -0.132. The minimum atomic E-state index is -0.987. The number of nitrogens with zero attached hydrogens (tertiary/aromatic N) is 1. The molecule has 8 heteroatoms. The molecule has 1 N–H and O–H groups in total. The maximum absolute atomic E-state index is 13.4. The normalized spacial score (nSPS) is 16.5. The quantitative estimate of drug-likeness (QED) is 0.152. The molecule has 1 aliphatic rings. The number of ketones is 1. The first-order valence-corrected chi connectivity index (χ1v) is 11.8. The highest BCUT2D eigenvalue weighted by atomic mass is 16.5. The number of aliphatic hydroxyl groups excluding tert-OH is 1. The van der Waals surface area contributed by atoms with Crippen LogP contribution in [0.15, 0.2) is 78.4 Å². The minimum Gasteiger partial charge on any atom is -0.507 e. The van der Waals surface area contributed by atoms with Crippen LogP contribution in [0.5, 0.6) is 17.2 Å². The van der Waals surface area contributed by atoms with E-state index in [1.807, 2.05) is 6.92 Å². The van der Waals surface area contributed by atoms with Crippen molar-refractivity contribution in [3.63, 3.8) is 0 Å². The van der Waals surface area contributed by atoms with Crippen LogP contribution in [0.1, 0.15) is 37.4 Å². The van der Waals surface area contributed by atoms with E-state index in [-0.39, 0.29) is 17.1 Å². The van der Waals surface area contributed by atoms with Gasteiger partial charge >= 0.3 is 5.97 Å². The molecule has 0 aliphatic carbocycles. The highest BCUT2D eigenvalue weighted by molar-refractivity contribution is 6.51. The monoisotopic (exact) mass is 501 g/mol. The van der Waals surface area contributed by atoms with Gasteiger partial charge in [0.15, 0.2) is 0 Å². The number of Topliss-reactive ketones (excluding diaryl/α,β-unsaturated/α-hetero) is 1. The smallest absolute Gasteiger partial charge is 0.308 e. The van der Waals surface area contributed by atoms with Crippen LogP contribution in [0.25, 0.3) is 5.76 Å². The van der Waals surface area contributed by atoms with E-state index in [0.717, 1.165) is 6.42 Å². The van der Waals surface area contributed by atoms with E-state index < -0.39 is 23.7 Å². The molecule has 1 fully saturated rings. The average Bonchev–Trinajstić information content (AvgIpc) is 3.17. The number of carbonyl (C=O) groups excluding carboxylic acids is 3. The molecule has 0 radical (unpaired) electrons. The Bertz CT molecular complexity index is 1360. The van der Waals surface area contributed by atoms with E-state index in [1.165, 1.54) is 18.9 Å². The molecule has 0 saturated carbocycles. The fourth-order valence-corrected chi connectivity index (χ4v) is 4.17.